The van der Waals surface area contributed by atoms with E-state index in [0.29, 0.717) is 12.8 Å². The number of ketones is 1. The predicted molar refractivity (Wildman–Crippen MR) is 100.0 cm³/mol. The van der Waals surface area contributed by atoms with E-state index in [0.717, 1.165) is 16.0 Å². The minimum absolute atomic E-state index is 0.185. The molecule has 1 heterocycles. The number of hydrogen-bond acceptors (Lipinski definition) is 4. The van der Waals surface area contributed by atoms with Crippen molar-refractivity contribution >= 4 is 17.7 Å². The number of carbonyl (C=O) groups is 3. The number of aliphatic hydroxyl groups is 1. The molecule has 2 N–H and O–H groups in total. The third-order valence-electron chi connectivity index (χ3n) is 4.73. The monoisotopic (exact) mass is 366 g/mol. The van der Waals surface area contributed by atoms with Crippen LogP contribution in [-0.2, 0) is 22.4 Å². The molecule has 0 bridgehead atoms. The van der Waals surface area contributed by atoms with Crippen molar-refractivity contribution in [2.75, 3.05) is 6.61 Å². The number of carbonyl (C=O) groups excluding carboxylic acids is 3. The highest BCUT2D eigenvalue weighted by Crippen LogP contribution is 2.19. The first-order valence-corrected chi connectivity index (χ1v) is 8.95. The van der Waals surface area contributed by atoms with Crippen LogP contribution in [0.4, 0.5) is 4.79 Å². The summed E-state index contributed by atoms with van der Waals surface area (Å²) >= 11 is 0. The standard InChI is InChI=1S/C21H22N2O4/c24-14-19(25)18(13-16-9-5-2-6-10-16)23-20(26)17(22-21(23)27)12-11-15-7-3-1-4-8-15/h1-10,17-18,24H,11-14H2,(H,22,27)/t17-,18+/m0/s1. The Labute approximate surface area is 157 Å². The van der Waals surface area contributed by atoms with Crippen LogP contribution in [0.3, 0.4) is 0 Å². The number of aliphatic hydroxyl groups excluding tert-OH is 1. The molecule has 3 rings (SSSR count). The Kier molecular flexibility index (Phi) is 5.98. The minimum atomic E-state index is -1.01. The Hall–Kier alpha value is -2.99. The number of imide groups is 1. The van der Waals surface area contributed by atoms with E-state index in [1.807, 2.05) is 60.7 Å². The smallest absolute Gasteiger partial charge is 0.325 e. The van der Waals surface area contributed by atoms with Crippen LogP contribution in [0.1, 0.15) is 17.5 Å². The number of Topliss-reactive ketones (excluding diaryl/α,β-unsaturated/α-hetero) is 1. The lowest BCUT2D eigenvalue weighted by Crippen LogP contribution is -2.48. The summed E-state index contributed by atoms with van der Waals surface area (Å²) in [6.45, 7) is -0.719. The van der Waals surface area contributed by atoms with Crippen LogP contribution in [0.25, 0.3) is 0 Å². The van der Waals surface area contributed by atoms with Gasteiger partial charge in [0.2, 0.25) is 0 Å². The maximum atomic E-state index is 12.8. The summed E-state index contributed by atoms with van der Waals surface area (Å²) < 4.78 is 0. The largest absolute Gasteiger partial charge is 0.388 e. The fourth-order valence-corrected chi connectivity index (χ4v) is 3.29. The highest BCUT2D eigenvalue weighted by molar-refractivity contribution is 6.07. The van der Waals surface area contributed by atoms with E-state index in [1.54, 1.807) is 0 Å². The fraction of sp³-hybridized carbons (Fsp3) is 0.286. The molecule has 2 aromatic rings. The Morgan fingerprint density at radius 3 is 2.19 bits per heavy atom. The Bertz CT molecular complexity index is 807. The molecule has 6 heteroatoms. The molecule has 27 heavy (non-hydrogen) atoms. The molecule has 1 saturated heterocycles. The molecule has 6 nitrogen and oxygen atoms in total. The molecule has 1 aliphatic heterocycles. The van der Waals surface area contributed by atoms with Crippen molar-refractivity contribution in [2.24, 2.45) is 0 Å². The van der Waals surface area contributed by atoms with Crippen molar-refractivity contribution in [2.45, 2.75) is 31.3 Å². The number of amides is 3. The summed E-state index contributed by atoms with van der Waals surface area (Å²) in [7, 11) is 0. The molecule has 2 atom stereocenters. The van der Waals surface area contributed by atoms with Gasteiger partial charge in [-0.15, -0.1) is 0 Å². The summed E-state index contributed by atoms with van der Waals surface area (Å²) in [5.74, 6) is -0.968. The van der Waals surface area contributed by atoms with Gasteiger partial charge in [0.25, 0.3) is 5.91 Å². The molecular formula is C21H22N2O4. The van der Waals surface area contributed by atoms with E-state index in [-0.39, 0.29) is 6.42 Å². The highest BCUT2D eigenvalue weighted by Gasteiger charge is 2.43. The average Bonchev–Trinajstić information content (AvgIpc) is 2.99. The molecule has 0 saturated carbocycles. The third-order valence-corrected chi connectivity index (χ3v) is 4.73. The van der Waals surface area contributed by atoms with Crippen LogP contribution >= 0.6 is 0 Å². The highest BCUT2D eigenvalue weighted by atomic mass is 16.3. The zero-order valence-corrected chi connectivity index (χ0v) is 14.9. The number of nitrogens with zero attached hydrogens (tertiary/aromatic N) is 1. The number of benzene rings is 2. The Balaban J connectivity index is 1.73. The number of aryl methyl sites for hydroxylation is 1. The summed E-state index contributed by atoms with van der Waals surface area (Å²) in [6.07, 6.45) is 1.28. The van der Waals surface area contributed by atoms with Crippen molar-refractivity contribution < 1.29 is 19.5 Å². The summed E-state index contributed by atoms with van der Waals surface area (Å²) in [5, 5.41) is 12.0. The third kappa shape index (κ3) is 4.41. The zero-order chi connectivity index (χ0) is 19.2. The summed E-state index contributed by atoms with van der Waals surface area (Å²) in [5.41, 5.74) is 1.89. The summed E-state index contributed by atoms with van der Waals surface area (Å²) in [4.78, 5) is 38.4. The predicted octanol–water partition coefficient (Wildman–Crippen LogP) is 1.71. The average molecular weight is 366 g/mol. The van der Waals surface area contributed by atoms with E-state index < -0.39 is 36.4 Å². The second-order valence-corrected chi connectivity index (χ2v) is 6.56. The fourth-order valence-electron chi connectivity index (χ4n) is 3.29. The Morgan fingerprint density at radius 2 is 1.59 bits per heavy atom. The van der Waals surface area contributed by atoms with Crippen LogP contribution in [-0.4, -0.2) is 46.4 Å². The molecule has 1 aliphatic rings. The van der Waals surface area contributed by atoms with Gasteiger partial charge in [0, 0.05) is 6.42 Å². The van der Waals surface area contributed by atoms with Gasteiger partial charge >= 0.3 is 6.03 Å². The van der Waals surface area contributed by atoms with Gasteiger partial charge in [-0.25, -0.2) is 4.79 Å². The van der Waals surface area contributed by atoms with Crippen molar-refractivity contribution in [3.05, 3.63) is 71.8 Å². The van der Waals surface area contributed by atoms with Gasteiger partial charge in [-0.3, -0.25) is 14.5 Å². The first-order chi connectivity index (χ1) is 13.1. The van der Waals surface area contributed by atoms with Crippen LogP contribution in [0, 0.1) is 0 Å². The van der Waals surface area contributed by atoms with E-state index in [1.165, 1.54) is 0 Å². The maximum Gasteiger partial charge on any atom is 0.325 e. The first kappa shape index (κ1) is 18.8. The van der Waals surface area contributed by atoms with Gasteiger partial charge in [0.15, 0.2) is 5.78 Å². The van der Waals surface area contributed by atoms with Crippen molar-refractivity contribution in [1.29, 1.82) is 0 Å². The van der Waals surface area contributed by atoms with E-state index in [9.17, 15) is 19.5 Å². The Morgan fingerprint density at radius 1 is 1.00 bits per heavy atom. The van der Waals surface area contributed by atoms with Gasteiger partial charge in [-0.2, -0.15) is 0 Å². The normalized spacial score (nSPS) is 17.7. The van der Waals surface area contributed by atoms with Gasteiger partial charge < -0.3 is 10.4 Å². The van der Waals surface area contributed by atoms with Gasteiger partial charge in [0.05, 0.1) is 0 Å². The first-order valence-electron chi connectivity index (χ1n) is 8.95. The van der Waals surface area contributed by atoms with Gasteiger partial charge in [-0.05, 0) is 24.0 Å². The van der Waals surface area contributed by atoms with Crippen molar-refractivity contribution in [3.8, 4) is 0 Å². The lowest BCUT2D eigenvalue weighted by atomic mass is 10.0. The molecule has 140 valence electrons. The molecule has 0 aromatic heterocycles. The molecule has 2 aromatic carbocycles. The van der Waals surface area contributed by atoms with E-state index in [2.05, 4.69) is 5.32 Å². The number of hydrogen-bond donors (Lipinski definition) is 2. The van der Waals surface area contributed by atoms with E-state index >= 15 is 0 Å². The molecule has 0 unspecified atom stereocenters. The lowest BCUT2D eigenvalue weighted by molar-refractivity contribution is -0.136. The molecule has 0 aliphatic carbocycles. The molecule has 1 fully saturated rings. The quantitative estimate of drug-likeness (QED) is 0.697. The van der Waals surface area contributed by atoms with Gasteiger partial charge in [0.1, 0.15) is 18.7 Å². The second kappa shape index (κ2) is 8.60. The molecule has 0 radical (unpaired) electrons. The SMILES string of the molecule is O=C(CO)[C@@H](Cc1ccccc1)N1C(=O)N[C@@H](CCc2ccccc2)C1=O. The number of urea groups is 1. The molecular weight excluding hydrogens is 344 g/mol. The topological polar surface area (TPSA) is 86.7 Å². The molecule has 0 spiro atoms. The van der Waals surface area contributed by atoms with Crippen LogP contribution < -0.4 is 5.32 Å². The van der Waals surface area contributed by atoms with Crippen LogP contribution in [0.15, 0.2) is 60.7 Å². The maximum absolute atomic E-state index is 12.8. The zero-order valence-electron chi connectivity index (χ0n) is 14.9. The van der Waals surface area contributed by atoms with Crippen LogP contribution in [0.5, 0.6) is 0 Å². The minimum Gasteiger partial charge on any atom is -0.388 e. The number of rotatable bonds is 8. The molecule has 3 amide bonds. The lowest BCUT2D eigenvalue weighted by Gasteiger charge is -2.23. The number of nitrogens with one attached hydrogen (secondary N) is 1. The van der Waals surface area contributed by atoms with Crippen molar-refractivity contribution in [3.63, 3.8) is 0 Å². The second-order valence-electron chi connectivity index (χ2n) is 6.56. The van der Waals surface area contributed by atoms with Crippen LogP contribution in [0.2, 0.25) is 0 Å². The van der Waals surface area contributed by atoms with Crippen molar-refractivity contribution in [1.82, 2.24) is 10.2 Å². The van der Waals surface area contributed by atoms with E-state index in [4.69, 9.17) is 0 Å². The van der Waals surface area contributed by atoms with Gasteiger partial charge in [-0.1, -0.05) is 60.7 Å². The summed E-state index contributed by atoms with van der Waals surface area (Å²) in [6, 6.07) is 16.6.